The van der Waals surface area contributed by atoms with Crippen molar-refractivity contribution in [3.05, 3.63) is 35.9 Å². The Kier molecular flexibility index (Phi) is 4.77. The smallest absolute Gasteiger partial charge is 0.184 e. The molecule has 0 amide bonds. The molecule has 126 valence electrons. The van der Waals surface area contributed by atoms with Gasteiger partial charge in [0.05, 0.1) is 6.10 Å². The summed E-state index contributed by atoms with van der Waals surface area (Å²) in [5.41, 5.74) is 1.33. The fourth-order valence-electron chi connectivity index (χ4n) is 4.35. The second-order valence-electron chi connectivity index (χ2n) is 8.09. The largest absolute Gasteiger partial charge is 0.413 e. The highest BCUT2D eigenvalue weighted by molar-refractivity contribution is 6.69. The summed E-state index contributed by atoms with van der Waals surface area (Å²) < 4.78 is 6.49. The van der Waals surface area contributed by atoms with Crippen LogP contribution >= 0.6 is 0 Å². The van der Waals surface area contributed by atoms with Crippen LogP contribution in [0, 0.1) is 5.92 Å². The van der Waals surface area contributed by atoms with Gasteiger partial charge in [0.2, 0.25) is 0 Å². The topological polar surface area (TPSA) is 29.5 Å². The average Bonchev–Trinajstić information content (AvgIpc) is 2.71. The van der Waals surface area contributed by atoms with Crippen molar-refractivity contribution in [3.63, 3.8) is 0 Å². The van der Waals surface area contributed by atoms with Crippen LogP contribution in [0.25, 0.3) is 0 Å². The van der Waals surface area contributed by atoms with Crippen LogP contribution < -0.4 is 0 Å². The van der Waals surface area contributed by atoms with E-state index in [0.29, 0.717) is 24.0 Å². The van der Waals surface area contributed by atoms with Crippen molar-refractivity contribution in [1.82, 2.24) is 4.90 Å². The number of ketones is 1. The lowest BCUT2D eigenvalue weighted by molar-refractivity contribution is -0.121. The predicted octanol–water partition coefficient (Wildman–Crippen LogP) is 3.85. The standard InChI is InChI=1S/C19H29NO2Si/c1-14(21)16-12-18-19(22-23(2,3)4)11-10-17(16)20(18)13-15-8-6-5-7-9-15/h5-9,16-19H,10-13H2,1-4H3/t16-,17-,18-,19-/m1/s1. The Morgan fingerprint density at radius 2 is 1.87 bits per heavy atom. The Morgan fingerprint density at radius 1 is 1.17 bits per heavy atom. The van der Waals surface area contributed by atoms with E-state index in [-0.39, 0.29) is 5.92 Å². The van der Waals surface area contributed by atoms with Crippen molar-refractivity contribution in [2.24, 2.45) is 5.92 Å². The van der Waals surface area contributed by atoms with Gasteiger partial charge in [0.15, 0.2) is 8.32 Å². The fraction of sp³-hybridized carbons (Fsp3) is 0.632. The van der Waals surface area contributed by atoms with Crippen LogP contribution in [0.1, 0.15) is 31.7 Å². The minimum absolute atomic E-state index is 0.193. The molecule has 3 nitrogen and oxygen atoms in total. The van der Waals surface area contributed by atoms with Crippen molar-refractivity contribution in [2.45, 2.75) is 70.6 Å². The van der Waals surface area contributed by atoms with E-state index in [2.05, 4.69) is 54.9 Å². The summed E-state index contributed by atoms with van der Waals surface area (Å²) in [5, 5.41) is 0. The van der Waals surface area contributed by atoms with Crippen molar-refractivity contribution in [1.29, 1.82) is 0 Å². The highest BCUT2D eigenvalue weighted by Gasteiger charge is 2.50. The molecule has 3 rings (SSSR count). The van der Waals surface area contributed by atoms with Crippen LogP contribution in [-0.2, 0) is 15.8 Å². The van der Waals surface area contributed by atoms with Crippen LogP contribution in [0.4, 0.5) is 0 Å². The average molecular weight is 332 g/mol. The number of piperidine rings is 1. The van der Waals surface area contributed by atoms with Crippen LogP contribution in [-0.4, -0.2) is 37.2 Å². The molecule has 0 unspecified atom stereocenters. The molecular weight excluding hydrogens is 302 g/mol. The third-order valence-corrected chi connectivity index (χ3v) is 6.23. The van der Waals surface area contributed by atoms with Gasteiger partial charge in [-0.25, -0.2) is 0 Å². The van der Waals surface area contributed by atoms with Gasteiger partial charge in [0.25, 0.3) is 0 Å². The number of hydrogen-bond acceptors (Lipinski definition) is 3. The Morgan fingerprint density at radius 3 is 2.48 bits per heavy atom. The van der Waals surface area contributed by atoms with E-state index >= 15 is 0 Å². The van der Waals surface area contributed by atoms with Crippen molar-refractivity contribution in [2.75, 3.05) is 0 Å². The number of rotatable bonds is 5. The third kappa shape index (κ3) is 3.75. The first-order valence-electron chi connectivity index (χ1n) is 8.83. The van der Waals surface area contributed by atoms with Crippen molar-refractivity contribution >= 4 is 14.1 Å². The molecule has 0 aromatic heterocycles. The summed E-state index contributed by atoms with van der Waals surface area (Å²) in [5.74, 6) is 0.545. The number of nitrogens with zero attached hydrogens (tertiary/aromatic N) is 1. The van der Waals surface area contributed by atoms with Crippen LogP contribution in [0.15, 0.2) is 30.3 Å². The van der Waals surface area contributed by atoms with Gasteiger partial charge in [0.1, 0.15) is 5.78 Å². The van der Waals surface area contributed by atoms with E-state index in [1.54, 1.807) is 6.92 Å². The molecule has 2 fully saturated rings. The lowest BCUT2D eigenvalue weighted by Crippen LogP contribution is -2.51. The van der Waals surface area contributed by atoms with Gasteiger partial charge >= 0.3 is 0 Å². The van der Waals surface area contributed by atoms with E-state index in [0.717, 1.165) is 25.8 Å². The molecule has 2 aliphatic rings. The third-order valence-electron chi connectivity index (χ3n) is 5.22. The minimum atomic E-state index is -1.57. The first kappa shape index (κ1) is 16.9. The molecule has 2 saturated heterocycles. The molecule has 0 saturated carbocycles. The lowest BCUT2D eigenvalue weighted by atomic mass is 9.94. The van der Waals surface area contributed by atoms with E-state index in [1.807, 2.05) is 0 Å². The normalized spacial score (nSPS) is 31.3. The maximum atomic E-state index is 12.1. The van der Waals surface area contributed by atoms with E-state index in [9.17, 15) is 4.79 Å². The Labute approximate surface area is 141 Å². The fourth-order valence-corrected chi connectivity index (χ4v) is 5.53. The zero-order chi connectivity index (χ0) is 16.6. The van der Waals surface area contributed by atoms with E-state index < -0.39 is 8.32 Å². The van der Waals surface area contributed by atoms with Crippen LogP contribution in [0.3, 0.4) is 0 Å². The summed E-state index contributed by atoms with van der Waals surface area (Å²) >= 11 is 0. The Hall–Kier alpha value is -0.973. The number of carbonyl (C=O) groups is 1. The summed E-state index contributed by atoms with van der Waals surface area (Å²) in [7, 11) is -1.57. The molecule has 0 N–H and O–H groups in total. The van der Waals surface area contributed by atoms with Gasteiger partial charge in [-0.15, -0.1) is 0 Å². The van der Waals surface area contributed by atoms with Gasteiger partial charge in [-0.2, -0.15) is 0 Å². The molecule has 0 spiro atoms. The minimum Gasteiger partial charge on any atom is -0.413 e. The molecular formula is C19H29NO2Si. The number of benzene rings is 1. The SMILES string of the molecule is CC(=O)[C@H]1C[C@@H]2[C@H](O[Si](C)(C)C)CC[C@H]1N2Cc1ccccc1. The number of hydrogen-bond donors (Lipinski definition) is 0. The van der Waals surface area contributed by atoms with Crippen LogP contribution in [0.5, 0.6) is 0 Å². The predicted molar refractivity (Wildman–Crippen MR) is 95.8 cm³/mol. The zero-order valence-electron chi connectivity index (χ0n) is 14.8. The molecule has 23 heavy (non-hydrogen) atoms. The maximum Gasteiger partial charge on any atom is 0.184 e. The summed E-state index contributed by atoms with van der Waals surface area (Å²) in [6, 6.07) is 11.4. The van der Waals surface area contributed by atoms with Gasteiger partial charge in [-0.3, -0.25) is 9.69 Å². The highest BCUT2D eigenvalue weighted by atomic mass is 28.4. The van der Waals surface area contributed by atoms with Crippen molar-refractivity contribution < 1.29 is 9.22 Å². The second kappa shape index (κ2) is 6.50. The second-order valence-corrected chi connectivity index (χ2v) is 12.6. The summed E-state index contributed by atoms with van der Waals surface area (Å²) in [6.45, 7) is 9.49. The van der Waals surface area contributed by atoms with Crippen LogP contribution in [0.2, 0.25) is 19.6 Å². The van der Waals surface area contributed by atoms with E-state index in [1.165, 1.54) is 5.56 Å². The highest BCUT2D eigenvalue weighted by Crippen LogP contribution is 2.42. The maximum absolute atomic E-state index is 12.1. The quantitative estimate of drug-likeness (QED) is 0.768. The molecule has 2 bridgehead atoms. The van der Waals surface area contributed by atoms with E-state index in [4.69, 9.17) is 4.43 Å². The first-order valence-corrected chi connectivity index (χ1v) is 12.2. The molecule has 0 aliphatic carbocycles. The molecule has 1 aromatic carbocycles. The van der Waals surface area contributed by atoms with Gasteiger partial charge in [-0.1, -0.05) is 30.3 Å². The first-order chi connectivity index (χ1) is 10.8. The summed E-state index contributed by atoms with van der Waals surface area (Å²) in [4.78, 5) is 14.7. The monoisotopic (exact) mass is 331 g/mol. The molecule has 0 radical (unpaired) electrons. The van der Waals surface area contributed by atoms with Gasteiger partial charge in [0, 0.05) is 24.5 Å². The number of carbonyl (C=O) groups excluding carboxylic acids is 1. The molecule has 4 heteroatoms. The molecule has 4 atom stereocenters. The number of Topliss-reactive ketones (excluding diaryl/α,β-unsaturated/α-hetero) is 1. The molecule has 1 aromatic rings. The lowest BCUT2D eigenvalue weighted by Gasteiger charge is -2.42. The molecule has 2 aliphatic heterocycles. The zero-order valence-corrected chi connectivity index (χ0v) is 15.8. The van der Waals surface area contributed by atoms with Crippen molar-refractivity contribution in [3.8, 4) is 0 Å². The van der Waals surface area contributed by atoms with Gasteiger partial charge < -0.3 is 4.43 Å². The number of fused-ring (bicyclic) bond motifs is 2. The Bertz CT molecular complexity index is 554. The summed E-state index contributed by atoms with van der Waals surface area (Å²) in [6.07, 6.45) is 3.46. The Balaban J connectivity index is 1.82. The molecule has 2 heterocycles. The van der Waals surface area contributed by atoms with Gasteiger partial charge in [-0.05, 0) is 51.4 Å².